The van der Waals surface area contributed by atoms with Gasteiger partial charge in [0.05, 0.1) is 11.2 Å². The van der Waals surface area contributed by atoms with Gasteiger partial charge in [-0.25, -0.2) is 9.67 Å². The highest BCUT2D eigenvalue weighted by Gasteiger charge is 2.18. The Morgan fingerprint density at radius 3 is 2.93 bits per heavy atom. The summed E-state index contributed by atoms with van der Waals surface area (Å²) in [6, 6.07) is 11.2. The number of thiazole rings is 1. The summed E-state index contributed by atoms with van der Waals surface area (Å²) in [7, 11) is 1.79. The van der Waals surface area contributed by atoms with E-state index in [2.05, 4.69) is 32.0 Å². The van der Waals surface area contributed by atoms with Crippen LogP contribution in [0.1, 0.15) is 27.2 Å². The van der Waals surface area contributed by atoms with Crippen molar-refractivity contribution in [2.24, 2.45) is 7.05 Å². The van der Waals surface area contributed by atoms with Crippen LogP contribution in [-0.4, -0.2) is 31.8 Å². The third-order valence-electron chi connectivity index (χ3n) is 5.16. The summed E-state index contributed by atoms with van der Waals surface area (Å²) in [5, 5.41) is 14.3. The summed E-state index contributed by atoms with van der Waals surface area (Å²) in [5.74, 6) is -0.184. The van der Waals surface area contributed by atoms with Crippen molar-refractivity contribution in [1.82, 2.24) is 20.0 Å². The Kier molecular flexibility index (Phi) is 4.32. The van der Waals surface area contributed by atoms with E-state index in [0.29, 0.717) is 23.5 Å². The van der Waals surface area contributed by atoms with Crippen molar-refractivity contribution in [2.75, 3.05) is 10.6 Å². The second-order valence-electron chi connectivity index (χ2n) is 7.21. The zero-order valence-electron chi connectivity index (χ0n) is 16.4. The van der Waals surface area contributed by atoms with Gasteiger partial charge in [0.2, 0.25) is 5.91 Å². The zero-order chi connectivity index (χ0) is 20.8. The maximum absolute atomic E-state index is 12.7. The highest BCUT2D eigenvalue weighted by atomic mass is 32.1. The average Bonchev–Trinajstić information content (AvgIpc) is 3.29. The Bertz CT molecular complexity index is 1320. The second kappa shape index (κ2) is 7.03. The van der Waals surface area contributed by atoms with E-state index in [9.17, 15) is 9.59 Å². The van der Waals surface area contributed by atoms with E-state index in [0.717, 1.165) is 38.4 Å². The van der Waals surface area contributed by atoms with Crippen molar-refractivity contribution in [3.05, 3.63) is 52.4 Å². The lowest BCUT2D eigenvalue weighted by atomic mass is 9.99. The molecule has 1 aliphatic heterocycles. The van der Waals surface area contributed by atoms with Crippen LogP contribution in [0.15, 0.2) is 36.4 Å². The molecule has 1 aliphatic rings. The summed E-state index contributed by atoms with van der Waals surface area (Å²) in [4.78, 5) is 30.0. The SMILES string of the molecule is Cc1sc(NC(=O)c2ccc3nnn(C)c3c2)nc1-c1ccc2c(c1)CCC(=O)N2. The van der Waals surface area contributed by atoms with E-state index in [1.807, 2.05) is 19.1 Å². The van der Waals surface area contributed by atoms with Gasteiger partial charge in [0.25, 0.3) is 5.91 Å². The first-order chi connectivity index (χ1) is 14.5. The van der Waals surface area contributed by atoms with Gasteiger partial charge in [-0.05, 0) is 49.2 Å². The van der Waals surface area contributed by atoms with Crippen LogP contribution >= 0.6 is 11.3 Å². The third kappa shape index (κ3) is 3.22. The Hall–Kier alpha value is -3.59. The molecule has 2 aromatic carbocycles. The molecule has 30 heavy (non-hydrogen) atoms. The maximum atomic E-state index is 12.7. The standard InChI is InChI=1S/C21H18N6O2S/c1-11-19(13-3-6-15-12(9-13)5-8-18(28)22-15)23-21(30-11)24-20(29)14-4-7-16-17(10-14)27(2)26-25-16/h3-4,6-7,9-10H,5,8H2,1-2H3,(H,22,28)(H,23,24,29). The number of carbonyl (C=O) groups excluding carboxylic acids is 2. The Balaban J connectivity index is 1.40. The molecular formula is C21H18N6O2S. The topological polar surface area (TPSA) is 102 Å². The van der Waals surface area contributed by atoms with Gasteiger partial charge in [-0.15, -0.1) is 16.4 Å². The number of nitrogens with zero attached hydrogens (tertiary/aromatic N) is 4. The van der Waals surface area contributed by atoms with Crippen LogP contribution in [0.5, 0.6) is 0 Å². The van der Waals surface area contributed by atoms with E-state index < -0.39 is 0 Å². The number of hydrogen-bond acceptors (Lipinski definition) is 6. The van der Waals surface area contributed by atoms with Crippen LogP contribution in [-0.2, 0) is 18.3 Å². The number of aromatic nitrogens is 4. The molecule has 0 unspecified atom stereocenters. The molecule has 0 fully saturated rings. The highest BCUT2D eigenvalue weighted by Crippen LogP contribution is 2.34. The quantitative estimate of drug-likeness (QED) is 0.530. The molecule has 0 saturated heterocycles. The van der Waals surface area contributed by atoms with Crippen molar-refractivity contribution in [1.29, 1.82) is 0 Å². The smallest absolute Gasteiger partial charge is 0.257 e. The number of amides is 2. The van der Waals surface area contributed by atoms with Crippen molar-refractivity contribution >= 4 is 45.0 Å². The Labute approximate surface area is 175 Å². The van der Waals surface area contributed by atoms with E-state index in [1.165, 1.54) is 11.3 Å². The summed E-state index contributed by atoms with van der Waals surface area (Å²) in [6.07, 6.45) is 1.21. The Morgan fingerprint density at radius 2 is 2.07 bits per heavy atom. The predicted molar refractivity (Wildman–Crippen MR) is 116 cm³/mol. The monoisotopic (exact) mass is 418 g/mol. The fourth-order valence-corrected chi connectivity index (χ4v) is 4.42. The molecule has 2 aromatic heterocycles. The predicted octanol–water partition coefficient (Wildman–Crippen LogP) is 3.54. The molecule has 150 valence electrons. The molecular weight excluding hydrogens is 400 g/mol. The number of benzene rings is 2. The van der Waals surface area contributed by atoms with Gasteiger partial charge < -0.3 is 5.32 Å². The molecule has 0 bridgehead atoms. The van der Waals surface area contributed by atoms with Gasteiger partial charge in [0, 0.05) is 35.2 Å². The lowest BCUT2D eigenvalue weighted by Gasteiger charge is -2.17. The number of hydrogen-bond donors (Lipinski definition) is 2. The minimum atomic E-state index is -0.230. The number of nitrogens with one attached hydrogen (secondary N) is 2. The number of anilines is 2. The highest BCUT2D eigenvalue weighted by molar-refractivity contribution is 7.16. The first kappa shape index (κ1) is 18.4. The van der Waals surface area contributed by atoms with Gasteiger partial charge in [0.1, 0.15) is 5.52 Å². The van der Waals surface area contributed by atoms with E-state index >= 15 is 0 Å². The summed E-state index contributed by atoms with van der Waals surface area (Å²) in [6.45, 7) is 1.98. The number of fused-ring (bicyclic) bond motifs is 2. The van der Waals surface area contributed by atoms with Crippen molar-refractivity contribution in [2.45, 2.75) is 19.8 Å². The van der Waals surface area contributed by atoms with E-state index in [-0.39, 0.29) is 11.8 Å². The fraction of sp³-hybridized carbons (Fsp3) is 0.190. The number of rotatable bonds is 3. The van der Waals surface area contributed by atoms with Gasteiger partial charge in [0.15, 0.2) is 5.13 Å². The molecule has 0 saturated carbocycles. The minimum Gasteiger partial charge on any atom is -0.326 e. The van der Waals surface area contributed by atoms with Crippen molar-refractivity contribution in [3.63, 3.8) is 0 Å². The normalized spacial score (nSPS) is 13.2. The maximum Gasteiger partial charge on any atom is 0.257 e. The molecule has 5 rings (SSSR count). The molecule has 0 radical (unpaired) electrons. The van der Waals surface area contributed by atoms with Crippen LogP contribution in [0.25, 0.3) is 22.3 Å². The lowest BCUT2D eigenvalue weighted by Crippen LogP contribution is -2.18. The van der Waals surface area contributed by atoms with Crippen LogP contribution < -0.4 is 10.6 Å². The van der Waals surface area contributed by atoms with Gasteiger partial charge in [-0.1, -0.05) is 11.3 Å². The van der Waals surface area contributed by atoms with Gasteiger partial charge in [-0.3, -0.25) is 14.9 Å². The molecule has 8 nitrogen and oxygen atoms in total. The lowest BCUT2D eigenvalue weighted by molar-refractivity contribution is -0.116. The molecule has 0 atom stereocenters. The molecule has 9 heteroatoms. The zero-order valence-corrected chi connectivity index (χ0v) is 17.2. The molecule has 0 spiro atoms. The first-order valence-electron chi connectivity index (χ1n) is 9.49. The first-order valence-corrected chi connectivity index (χ1v) is 10.3. The number of carbonyl (C=O) groups is 2. The van der Waals surface area contributed by atoms with E-state index in [4.69, 9.17) is 0 Å². The molecule has 4 aromatic rings. The minimum absolute atomic E-state index is 0.0465. The average molecular weight is 418 g/mol. The van der Waals surface area contributed by atoms with Crippen LogP contribution in [0.4, 0.5) is 10.8 Å². The van der Waals surface area contributed by atoms with Crippen molar-refractivity contribution in [3.8, 4) is 11.3 Å². The summed E-state index contributed by atoms with van der Waals surface area (Å²) >= 11 is 1.44. The summed E-state index contributed by atoms with van der Waals surface area (Å²) < 4.78 is 1.64. The van der Waals surface area contributed by atoms with Crippen LogP contribution in [0, 0.1) is 6.92 Å². The largest absolute Gasteiger partial charge is 0.326 e. The van der Waals surface area contributed by atoms with Gasteiger partial charge >= 0.3 is 0 Å². The van der Waals surface area contributed by atoms with Crippen molar-refractivity contribution < 1.29 is 9.59 Å². The van der Waals surface area contributed by atoms with E-state index in [1.54, 1.807) is 29.9 Å². The molecule has 3 heterocycles. The summed E-state index contributed by atoms with van der Waals surface area (Å²) in [5.41, 5.74) is 5.82. The fourth-order valence-electron chi connectivity index (χ4n) is 3.59. The van der Waals surface area contributed by atoms with Gasteiger partial charge in [-0.2, -0.15) is 0 Å². The molecule has 0 aliphatic carbocycles. The molecule has 2 N–H and O–H groups in total. The Morgan fingerprint density at radius 1 is 1.20 bits per heavy atom. The second-order valence-corrected chi connectivity index (χ2v) is 8.42. The number of aryl methyl sites for hydroxylation is 3. The molecule has 2 amide bonds. The third-order valence-corrected chi connectivity index (χ3v) is 6.05. The van der Waals surface area contributed by atoms with Crippen LogP contribution in [0.2, 0.25) is 0 Å². The van der Waals surface area contributed by atoms with Crippen LogP contribution in [0.3, 0.4) is 0 Å².